The van der Waals surface area contributed by atoms with Crippen molar-refractivity contribution in [2.24, 2.45) is 21.5 Å². The Morgan fingerprint density at radius 2 is 2.10 bits per heavy atom. The van der Waals surface area contributed by atoms with Crippen molar-refractivity contribution in [2.45, 2.75) is 0 Å². The van der Waals surface area contributed by atoms with Crippen LogP contribution in [0.4, 0.5) is 0 Å². The molecule has 0 aliphatic carbocycles. The smallest absolute Gasteiger partial charge is 0.148 e. The summed E-state index contributed by atoms with van der Waals surface area (Å²) in [4.78, 5) is 7.60. The minimum Gasteiger partial charge on any atom is -0.394 e. The lowest BCUT2D eigenvalue weighted by Crippen LogP contribution is -2.20. The van der Waals surface area contributed by atoms with Crippen LogP contribution in [-0.2, 0) is 0 Å². The highest BCUT2D eigenvalue weighted by atomic mass is 14.9. The van der Waals surface area contributed by atoms with Crippen LogP contribution < -0.4 is 11.5 Å². The quantitative estimate of drug-likeness (QED) is 0.481. The van der Waals surface area contributed by atoms with Crippen LogP contribution in [-0.4, -0.2) is 12.1 Å². The van der Waals surface area contributed by atoms with Gasteiger partial charge in [0.1, 0.15) is 5.84 Å². The molecular formula is C6H8N4. The highest BCUT2D eigenvalue weighted by Crippen LogP contribution is 1.89. The van der Waals surface area contributed by atoms with E-state index in [4.69, 9.17) is 11.5 Å². The van der Waals surface area contributed by atoms with Crippen molar-refractivity contribution in [3.05, 3.63) is 24.2 Å². The first-order valence-electron chi connectivity index (χ1n) is 2.78. The summed E-state index contributed by atoms with van der Waals surface area (Å²) in [5, 5.41) is 0. The summed E-state index contributed by atoms with van der Waals surface area (Å²) in [5.41, 5.74) is 11.2. The Balaban J connectivity index is 2.91. The molecule has 52 valence electrons. The maximum atomic E-state index is 5.41. The topological polar surface area (TPSA) is 76.8 Å². The van der Waals surface area contributed by atoms with Gasteiger partial charge in [-0.1, -0.05) is 0 Å². The van der Waals surface area contributed by atoms with Crippen LogP contribution in [0.1, 0.15) is 0 Å². The molecule has 4 N–H and O–H groups in total. The zero-order valence-electron chi connectivity index (χ0n) is 5.36. The van der Waals surface area contributed by atoms with E-state index in [-0.39, 0.29) is 0 Å². The molecule has 0 saturated carbocycles. The van der Waals surface area contributed by atoms with E-state index in [1.807, 2.05) is 0 Å². The van der Waals surface area contributed by atoms with Gasteiger partial charge in [-0.25, -0.2) is 4.99 Å². The Labute approximate surface area is 58.6 Å². The zero-order valence-corrected chi connectivity index (χ0v) is 5.36. The fourth-order valence-electron chi connectivity index (χ4n) is 0.476. The normalized spacial score (nSPS) is 17.2. The van der Waals surface area contributed by atoms with Crippen molar-refractivity contribution >= 4 is 12.1 Å². The van der Waals surface area contributed by atoms with E-state index in [9.17, 15) is 0 Å². The molecular weight excluding hydrogens is 128 g/mol. The molecule has 10 heavy (non-hydrogen) atoms. The van der Waals surface area contributed by atoms with Gasteiger partial charge in [-0.05, 0) is 6.08 Å². The van der Waals surface area contributed by atoms with Gasteiger partial charge in [-0.2, -0.15) is 0 Å². The second-order valence-corrected chi connectivity index (χ2v) is 1.74. The first-order chi connectivity index (χ1) is 4.80. The Bertz CT molecular complexity index is 208. The van der Waals surface area contributed by atoms with E-state index in [1.54, 1.807) is 18.5 Å². The highest BCUT2D eigenvalue weighted by molar-refractivity contribution is 5.97. The Hall–Kier alpha value is -1.58. The third kappa shape index (κ3) is 1.45. The standard InChI is InChI=1S/C6H8N4/c7-5-4-9-2-1-3-10-6(5)8/h1-4H,7H2,(H2,8,10). The average Bonchev–Trinajstić information content (AvgIpc) is 1.92. The summed E-state index contributed by atoms with van der Waals surface area (Å²) in [7, 11) is 0. The summed E-state index contributed by atoms with van der Waals surface area (Å²) in [6.07, 6.45) is 6.26. The molecule has 1 rings (SSSR count). The van der Waals surface area contributed by atoms with Crippen molar-refractivity contribution in [3.63, 3.8) is 0 Å². The summed E-state index contributed by atoms with van der Waals surface area (Å²) in [5.74, 6) is 0.299. The SMILES string of the molecule is NC1=CN=CC=CN=C1N. The maximum Gasteiger partial charge on any atom is 0.148 e. The number of amidine groups is 1. The predicted molar refractivity (Wildman–Crippen MR) is 41.5 cm³/mol. The second kappa shape index (κ2) is 2.82. The van der Waals surface area contributed by atoms with Crippen molar-refractivity contribution in [1.82, 2.24) is 0 Å². The van der Waals surface area contributed by atoms with Crippen LogP contribution in [0, 0.1) is 0 Å². The van der Waals surface area contributed by atoms with Crippen LogP contribution in [0.2, 0.25) is 0 Å². The summed E-state index contributed by atoms with van der Waals surface area (Å²) in [6, 6.07) is 0. The number of rotatable bonds is 0. The first-order valence-corrected chi connectivity index (χ1v) is 2.78. The van der Waals surface area contributed by atoms with Gasteiger partial charge in [0.2, 0.25) is 0 Å². The molecule has 0 aromatic heterocycles. The zero-order chi connectivity index (χ0) is 7.40. The molecule has 0 fully saturated rings. The molecule has 0 spiro atoms. The minimum absolute atomic E-state index is 0.299. The van der Waals surface area contributed by atoms with Crippen molar-refractivity contribution in [1.29, 1.82) is 0 Å². The molecule has 4 nitrogen and oxygen atoms in total. The Morgan fingerprint density at radius 3 is 2.90 bits per heavy atom. The molecule has 0 aromatic carbocycles. The molecule has 0 atom stereocenters. The molecule has 4 heteroatoms. The van der Waals surface area contributed by atoms with Gasteiger partial charge in [-0.15, -0.1) is 0 Å². The molecule has 1 aliphatic heterocycles. The summed E-state index contributed by atoms with van der Waals surface area (Å²) < 4.78 is 0. The molecule has 0 saturated heterocycles. The Kier molecular flexibility index (Phi) is 1.84. The maximum absolute atomic E-state index is 5.41. The largest absolute Gasteiger partial charge is 0.394 e. The van der Waals surface area contributed by atoms with Gasteiger partial charge in [0, 0.05) is 12.4 Å². The monoisotopic (exact) mass is 136 g/mol. The number of hydrogen-bond donors (Lipinski definition) is 2. The van der Waals surface area contributed by atoms with E-state index in [2.05, 4.69) is 9.98 Å². The van der Waals surface area contributed by atoms with Crippen molar-refractivity contribution < 1.29 is 0 Å². The highest BCUT2D eigenvalue weighted by Gasteiger charge is 1.93. The fourth-order valence-corrected chi connectivity index (χ4v) is 0.476. The fraction of sp³-hybridized carbons (Fsp3) is 0. The van der Waals surface area contributed by atoms with Gasteiger partial charge < -0.3 is 11.5 Å². The van der Waals surface area contributed by atoms with E-state index < -0.39 is 0 Å². The molecule has 0 unspecified atom stereocenters. The minimum atomic E-state index is 0.299. The van der Waals surface area contributed by atoms with Crippen LogP contribution in [0.15, 0.2) is 34.2 Å². The van der Waals surface area contributed by atoms with Gasteiger partial charge in [0.05, 0.1) is 11.9 Å². The number of allylic oxidation sites excluding steroid dienone is 1. The lowest BCUT2D eigenvalue weighted by atomic mass is 10.4. The lowest BCUT2D eigenvalue weighted by molar-refractivity contribution is 1.34. The van der Waals surface area contributed by atoms with Crippen LogP contribution in [0.25, 0.3) is 0 Å². The third-order valence-corrected chi connectivity index (χ3v) is 0.981. The van der Waals surface area contributed by atoms with Crippen LogP contribution >= 0.6 is 0 Å². The van der Waals surface area contributed by atoms with Gasteiger partial charge in [-0.3, -0.25) is 4.99 Å². The number of hydrogen-bond acceptors (Lipinski definition) is 4. The number of nitrogens with two attached hydrogens (primary N) is 2. The van der Waals surface area contributed by atoms with E-state index in [1.165, 1.54) is 6.20 Å². The molecule has 1 aliphatic rings. The van der Waals surface area contributed by atoms with Gasteiger partial charge in [0.25, 0.3) is 0 Å². The first kappa shape index (κ1) is 6.54. The van der Waals surface area contributed by atoms with Crippen molar-refractivity contribution in [3.8, 4) is 0 Å². The van der Waals surface area contributed by atoms with E-state index >= 15 is 0 Å². The lowest BCUT2D eigenvalue weighted by Gasteiger charge is -1.96. The average molecular weight is 136 g/mol. The van der Waals surface area contributed by atoms with Gasteiger partial charge in [0.15, 0.2) is 0 Å². The van der Waals surface area contributed by atoms with E-state index in [0.29, 0.717) is 11.5 Å². The van der Waals surface area contributed by atoms with Crippen LogP contribution in [0.5, 0.6) is 0 Å². The van der Waals surface area contributed by atoms with Crippen molar-refractivity contribution in [2.75, 3.05) is 0 Å². The molecule has 0 bridgehead atoms. The second-order valence-electron chi connectivity index (χ2n) is 1.74. The van der Waals surface area contributed by atoms with Gasteiger partial charge >= 0.3 is 0 Å². The summed E-state index contributed by atoms with van der Waals surface area (Å²) >= 11 is 0. The summed E-state index contributed by atoms with van der Waals surface area (Å²) in [6.45, 7) is 0. The van der Waals surface area contributed by atoms with E-state index in [0.717, 1.165) is 0 Å². The third-order valence-electron chi connectivity index (χ3n) is 0.981. The Morgan fingerprint density at radius 1 is 1.30 bits per heavy atom. The molecule has 0 radical (unpaired) electrons. The number of nitrogens with zero attached hydrogens (tertiary/aromatic N) is 2. The number of aliphatic imine (C=N–C) groups is 2. The predicted octanol–water partition coefficient (Wildman–Crippen LogP) is -0.258. The van der Waals surface area contributed by atoms with Crippen LogP contribution in [0.3, 0.4) is 0 Å². The molecule has 1 heterocycles. The molecule has 0 aromatic rings. The molecule has 0 amide bonds.